The molecule has 0 saturated heterocycles. The molecule has 0 spiro atoms. The standard InChI is InChI=1S/C13H17ClO/c1-13(15)8-2-3-11(9-13)10-4-6-12(14)7-5-10/h4-7,11,15H,2-3,8-9H2,1H3/t11-,13?/m0/s1. The highest BCUT2D eigenvalue weighted by Crippen LogP contribution is 2.38. The lowest BCUT2D eigenvalue weighted by molar-refractivity contribution is 0.0145. The summed E-state index contributed by atoms with van der Waals surface area (Å²) in [6.07, 6.45) is 4.09. The van der Waals surface area contributed by atoms with E-state index >= 15 is 0 Å². The molecule has 0 aliphatic heterocycles. The maximum Gasteiger partial charge on any atom is 0.0625 e. The van der Waals surface area contributed by atoms with Crippen molar-refractivity contribution in [3.63, 3.8) is 0 Å². The molecule has 1 aliphatic carbocycles. The van der Waals surface area contributed by atoms with Crippen molar-refractivity contribution in [1.82, 2.24) is 0 Å². The van der Waals surface area contributed by atoms with Crippen LogP contribution in [0.25, 0.3) is 0 Å². The van der Waals surface area contributed by atoms with Crippen molar-refractivity contribution in [2.24, 2.45) is 0 Å². The molecule has 0 amide bonds. The van der Waals surface area contributed by atoms with Gasteiger partial charge in [0.1, 0.15) is 0 Å². The van der Waals surface area contributed by atoms with Crippen LogP contribution in [0.3, 0.4) is 0 Å². The highest BCUT2D eigenvalue weighted by molar-refractivity contribution is 6.30. The van der Waals surface area contributed by atoms with Gasteiger partial charge >= 0.3 is 0 Å². The van der Waals surface area contributed by atoms with Crippen LogP contribution in [0, 0.1) is 0 Å². The first kappa shape index (κ1) is 11.0. The van der Waals surface area contributed by atoms with Crippen LogP contribution in [0.2, 0.25) is 5.02 Å². The van der Waals surface area contributed by atoms with Crippen LogP contribution in [0.5, 0.6) is 0 Å². The summed E-state index contributed by atoms with van der Waals surface area (Å²) in [7, 11) is 0. The maximum atomic E-state index is 10.0. The lowest BCUT2D eigenvalue weighted by atomic mass is 9.76. The molecule has 1 aromatic carbocycles. The minimum atomic E-state index is -0.484. The molecular weight excluding hydrogens is 208 g/mol. The van der Waals surface area contributed by atoms with Gasteiger partial charge in [-0.3, -0.25) is 0 Å². The predicted molar refractivity (Wildman–Crippen MR) is 63.3 cm³/mol. The number of aliphatic hydroxyl groups is 1. The summed E-state index contributed by atoms with van der Waals surface area (Å²) < 4.78 is 0. The minimum Gasteiger partial charge on any atom is -0.390 e. The quantitative estimate of drug-likeness (QED) is 0.771. The minimum absolute atomic E-state index is 0.484. The van der Waals surface area contributed by atoms with E-state index in [1.807, 2.05) is 19.1 Å². The SMILES string of the molecule is CC1(O)CCC[C@H](c2ccc(Cl)cc2)C1. The Labute approximate surface area is 96.1 Å². The maximum absolute atomic E-state index is 10.0. The van der Waals surface area contributed by atoms with Crippen LogP contribution in [0.1, 0.15) is 44.1 Å². The van der Waals surface area contributed by atoms with Gasteiger partial charge < -0.3 is 5.11 Å². The Morgan fingerprint density at radius 2 is 2.00 bits per heavy atom. The van der Waals surface area contributed by atoms with E-state index in [0.29, 0.717) is 5.92 Å². The predicted octanol–water partition coefficient (Wildman–Crippen LogP) is 3.75. The van der Waals surface area contributed by atoms with Gasteiger partial charge in [0.25, 0.3) is 0 Å². The third-order valence-corrected chi connectivity index (χ3v) is 3.55. The van der Waals surface area contributed by atoms with Crippen LogP contribution < -0.4 is 0 Å². The van der Waals surface area contributed by atoms with Crippen LogP contribution in [0.15, 0.2) is 24.3 Å². The molecule has 2 rings (SSSR count). The zero-order valence-electron chi connectivity index (χ0n) is 9.04. The van der Waals surface area contributed by atoms with E-state index in [4.69, 9.17) is 11.6 Å². The Bertz CT molecular complexity index is 329. The van der Waals surface area contributed by atoms with E-state index < -0.39 is 5.60 Å². The third kappa shape index (κ3) is 2.73. The molecule has 2 heteroatoms. The molecule has 0 radical (unpaired) electrons. The fourth-order valence-corrected chi connectivity index (χ4v) is 2.61. The van der Waals surface area contributed by atoms with Gasteiger partial charge in [-0.05, 0) is 56.2 Å². The van der Waals surface area contributed by atoms with Gasteiger partial charge in [-0.15, -0.1) is 0 Å². The summed E-state index contributed by atoms with van der Waals surface area (Å²) in [5, 5.41) is 10.8. The second-order valence-electron chi connectivity index (χ2n) is 4.84. The van der Waals surface area contributed by atoms with E-state index in [2.05, 4.69) is 12.1 Å². The van der Waals surface area contributed by atoms with Crippen LogP contribution >= 0.6 is 11.6 Å². The Hall–Kier alpha value is -0.530. The summed E-state index contributed by atoms with van der Waals surface area (Å²) in [6.45, 7) is 1.94. The molecule has 15 heavy (non-hydrogen) atoms. The first-order valence-electron chi connectivity index (χ1n) is 5.55. The fourth-order valence-electron chi connectivity index (χ4n) is 2.48. The van der Waals surface area contributed by atoms with Crippen LogP contribution in [-0.2, 0) is 0 Å². The molecule has 0 heterocycles. The number of rotatable bonds is 1. The van der Waals surface area contributed by atoms with Gasteiger partial charge in [-0.25, -0.2) is 0 Å². The molecule has 1 N–H and O–H groups in total. The average molecular weight is 225 g/mol. The molecule has 1 unspecified atom stereocenters. The zero-order valence-corrected chi connectivity index (χ0v) is 9.80. The van der Waals surface area contributed by atoms with Crippen molar-refractivity contribution < 1.29 is 5.11 Å². The summed E-state index contributed by atoms with van der Waals surface area (Å²) >= 11 is 5.86. The second-order valence-corrected chi connectivity index (χ2v) is 5.28. The van der Waals surface area contributed by atoms with E-state index in [9.17, 15) is 5.11 Å². The Balaban J connectivity index is 2.13. The monoisotopic (exact) mass is 224 g/mol. The van der Waals surface area contributed by atoms with E-state index in [1.54, 1.807) is 0 Å². The number of halogens is 1. The van der Waals surface area contributed by atoms with Crippen molar-refractivity contribution in [3.8, 4) is 0 Å². The molecule has 1 nitrogen and oxygen atoms in total. The van der Waals surface area contributed by atoms with E-state index in [-0.39, 0.29) is 0 Å². The Kier molecular flexibility index (Phi) is 3.03. The number of benzene rings is 1. The first-order valence-corrected chi connectivity index (χ1v) is 5.92. The van der Waals surface area contributed by atoms with E-state index in [0.717, 1.165) is 24.3 Å². The van der Waals surface area contributed by atoms with Crippen molar-refractivity contribution in [2.75, 3.05) is 0 Å². The van der Waals surface area contributed by atoms with Crippen LogP contribution in [0.4, 0.5) is 0 Å². The third-order valence-electron chi connectivity index (χ3n) is 3.30. The normalized spacial score (nSPS) is 31.5. The van der Waals surface area contributed by atoms with Crippen molar-refractivity contribution in [2.45, 2.75) is 44.1 Å². The topological polar surface area (TPSA) is 20.2 Å². The lowest BCUT2D eigenvalue weighted by Gasteiger charge is -2.34. The van der Waals surface area contributed by atoms with Crippen LogP contribution in [-0.4, -0.2) is 10.7 Å². The highest BCUT2D eigenvalue weighted by atomic mass is 35.5. The molecule has 1 aromatic rings. The molecule has 2 atom stereocenters. The van der Waals surface area contributed by atoms with Crippen molar-refractivity contribution in [1.29, 1.82) is 0 Å². The first-order chi connectivity index (χ1) is 7.07. The second kappa shape index (κ2) is 4.15. The van der Waals surface area contributed by atoms with Gasteiger partial charge in [0.2, 0.25) is 0 Å². The summed E-state index contributed by atoms with van der Waals surface area (Å²) in [4.78, 5) is 0. The molecule has 0 aromatic heterocycles. The molecule has 1 saturated carbocycles. The van der Waals surface area contributed by atoms with Crippen molar-refractivity contribution >= 4 is 11.6 Å². The van der Waals surface area contributed by atoms with E-state index in [1.165, 1.54) is 12.0 Å². The molecular formula is C13H17ClO. The largest absolute Gasteiger partial charge is 0.390 e. The van der Waals surface area contributed by atoms with Gasteiger partial charge in [0, 0.05) is 5.02 Å². The highest BCUT2D eigenvalue weighted by Gasteiger charge is 2.30. The number of hydrogen-bond donors (Lipinski definition) is 1. The van der Waals surface area contributed by atoms with Gasteiger partial charge in [0.05, 0.1) is 5.60 Å². The Morgan fingerprint density at radius 1 is 1.33 bits per heavy atom. The summed E-state index contributed by atoms with van der Waals surface area (Å²) in [5.41, 5.74) is 0.821. The van der Waals surface area contributed by atoms with Gasteiger partial charge in [-0.2, -0.15) is 0 Å². The summed E-state index contributed by atoms with van der Waals surface area (Å²) in [5.74, 6) is 0.492. The Morgan fingerprint density at radius 3 is 2.60 bits per heavy atom. The average Bonchev–Trinajstić information content (AvgIpc) is 2.17. The van der Waals surface area contributed by atoms with Crippen molar-refractivity contribution in [3.05, 3.63) is 34.9 Å². The summed E-state index contributed by atoms with van der Waals surface area (Å²) in [6, 6.07) is 8.02. The molecule has 0 bridgehead atoms. The van der Waals surface area contributed by atoms with Gasteiger partial charge in [0.15, 0.2) is 0 Å². The smallest absolute Gasteiger partial charge is 0.0625 e. The number of hydrogen-bond acceptors (Lipinski definition) is 1. The zero-order chi connectivity index (χ0) is 10.9. The lowest BCUT2D eigenvalue weighted by Crippen LogP contribution is -2.30. The fraction of sp³-hybridized carbons (Fsp3) is 0.538. The van der Waals surface area contributed by atoms with Gasteiger partial charge in [-0.1, -0.05) is 23.7 Å². The molecule has 82 valence electrons. The molecule has 1 aliphatic rings. The molecule has 1 fully saturated rings.